The molecule has 6 rings (SSSR count). The van der Waals surface area contributed by atoms with Crippen molar-refractivity contribution in [3.63, 3.8) is 0 Å². The fraction of sp³-hybridized carbons (Fsp3) is 0.240. The van der Waals surface area contributed by atoms with E-state index in [0.717, 1.165) is 35.2 Å². The molecule has 0 aliphatic carbocycles. The van der Waals surface area contributed by atoms with Crippen molar-refractivity contribution >= 4 is 21.9 Å². The zero-order valence-electron chi connectivity index (χ0n) is 17.6. The molecule has 4 aromatic heterocycles. The molecule has 160 valence electrons. The summed E-state index contributed by atoms with van der Waals surface area (Å²) in [6.45, 7) is 4.27. The molecule has 7 nitrogen and oxygen atoms in total. The maximum absolute atomic E-state index is 13.2. The van der Waals surface area contributed by atoms with Crippen molar-refractivity contribution in [3.8, 4) is 17.0 Å². The van der Waals surface area contributed by atoms with Crippen LogP contribution < -0.4 is 5.56 Å². The minimum Gasteiger partial charge on any atom is -0.456 e. The molecule has 5 heterocycles. The van der Waals surface area contributed by atoms with Gasteiger partial charge in [-0.2, -0.15) is 5.10 Å². The van der Waals surface area contributed by atoms with Crippen molar-refractivity contribution in [2.75, 3.05) is 19.6 Å². The Balaban J connectivity index is 1.33. The first-order chi connectivity index (χ1) is 15.8. The van der Waals surface area contributed by atoms with Crippen molar-refractivity contribution in [3.05, 3.63) is 77.6 Å². The zero-order valence-corrected chi connectivity index (χ0v) is 17.6. The average molecular weight is 425 g/mol. The van der Waals surface area contributed by atoms with E-state index in [0.29, 0.717) is 16.7 Å². The van der Waals surface area contributed by atoms with Crippen LogP contribution in [0.4, 0.5) is 0 Å². The molecular weight excluding hydrogens is 402 g/mol. The van der Waals surface area contributed by atoms with E-state index >= 15 is 0 Å². The van der Waals surface area contributed by atoms with Crippen LogP contribution in [-0.4, -0.2) is 43.9 Å². The Hall–Kier alpha value is -3.71. The third kappa shape index (κ3) is 3.31. The SMILES string of the molecule is O=c1c2cc(-c3cccnc3)oc2ccn1-c1ccc2c(cnn2CCN2CCCC2)c1. The van der Waals surface area contributed by atoms with Gasteiger partial charge in [0.05, 0.1) is 23.6 Å². The van der Waals surface area contributed by atoms with E-state index in [2.05, 4.69) is 25.7 Å². The van der Waals surface area contributed by atoms with E-state index in [4.69, 9.17) is 4.42 Å². The molecule has 1 saturated heterocycles. The van der Waals surface area contributed by atoms with Crippen LogP contribution in [-0.2, 0) is 6.54 Å². The molecular formula is C25H23N5O2. The number of benzene rings is 1. The van der Waals surface area contributed by atoms with E-state index in [1.54, 1.807) is 29.2 Å². The number of furan rings is 1. The number of pyridine rings is 2. The van der Waals surface area contributed by atoms with Crippen LogP contribution in [0.1, 0.15) is 12.8 Å². The Kier molecular flexibility index (Phi) is 4.61. The lowest BCUT2D eigenvalue weighted by molar-refractivity contribution is 0.318. The van der Waals surface area contributed by atoms with Crippen LogP contribution in [0.5, 0.6) is 0 Å². The van der Waals surface area contributed by atoms with Gasteiger partial charge in [-0.25, -0.2) is 0 Å². The van der Waals surface area contributed by atoms with E-state index in [1.807, 2.05) is 36.5 Å². The van der Waals surface area contributed by atoms with Gasteiger partial charge in [0.15, 0.2) is 0 Å². The third-order valence-corrected chi connectivity index (χ3v) is 6.26. The van der Waals surface area contributed by atoms with Crippen LogP contribution in [0.15, 0.2) is 76.5 Å². The summed E-state index contributed by atoms with van der Waals surface area (Å²) in [4.78, 5) is 19.8. The number of fused-ring (bicyclic) bond motifs is 2. The van der Waals surface area contributed by atoms with Gasteiger partial charge in [-0.1, -0.05) is 0 Å². The summed E-state index contributed by atoms with van der Waals surface area (Å²) in [6.07, 6.45) is 9.67. The second-order valence-corrected chi connectivity index (χ2v) is 8.28. The highest BCUT2D eigenvalue weighted by Crippen LogP contribution is 2.26. The van der Waals surface area contributed by atoms with Crippen LogP contribution in [0.25, 0.3) is 38.9 Å². The first-order valence-electron chi connectivity index (χ1n) is 11.0. The number of hydrogen-bond donors (Lipinski definition) is 0. The van der Waals surface area contributed by atoms with Crippen molar-refractivity contribution in [1.29, 1.82) is 0 Å². The molecule has 0 N–H and O–H groups in total. The van der Waals surface area contributed by atoms with Crippen molar-refractivity contribution in [2.24, 2.45) is 0 Å². The Morgan fingerprint density at radius 2 is 1.91 bits per heavy atom. The molecule has 7 heteroatoms. The van der Waals surface area contributed by atoms with Crippen LogP contribution in [0.3, 0.4) is 0 Å². The lowest BCUT2D eigenvalue weighted by atomic mass is 10.2. The summed E-state index contributed by atoms with van der Waals surface area (Å²) in [5.74, 6) is 0.637. The number of likely N-dealkylation sites (tertiary alicyclic amines) is 1. The molecule has 0 unspecified atom stereocenters. The van der Waals surface area contributed by atoms with Gasteiger partial charge in [0.1, 0.15) is 11.3 Å². The second-order valence-electron chi connectivity index (χ2n) is 8.28. The minimum absolute atomic E-state index is 0.109. The van der Waals surface area contributed by atoms with E-state index in [1.165, 1.54) is 25.9 Å². The Labute approximate surface area is 184 Å². The van der Waals surface area contributed by atoms with Crippen molar-refractivity contribution in [2.45, 2.75) is 19.4 Å². The summed E-state index contributed by atoms with van der Waals surface area (Å²) in [5, 5.41) is 6.16. The maximum atomic E-state index is 13.2. The molecule has 0 atom stereocenters. The van der Waals surface area contributed by atoms with Gasteiger partial charge in [-0.3, -0.25) is 19.0 Å². The summed E-state index contributed by atoms with van der Waals surface area (Å²) in [5.41, 5.74) is 3.21. The smallest absolute Gasteiger partial charge is 0.266 e. The lowest BCUT2D eigenvalue weighted by Crippen LogP contribution is -2.24. The molecule has 32 heavy (non-hydrogen) atoms. The number of aromatic nitrogens is 4. The monoisotopic (exact) mass is 425 g/mol. The molecule has 0 spiro atoms. The quantitative estimate of drug-likeness (QED) is 0.424. The van der Waals surface area contributed by atoms with Gasteiger partial charge in [-0.05, 0) is 68.4 Å². The Morgan fingerprint density at radius 1 is 1.00 bits per heavy atom. The minimum atomic E-state index is -0.109. The lowest BCUT2D eigenvalue weighted by Gasteiger charge is -2.14. The van der Waals surface area contributed by atoms with Gasteiger partial charge >= 0.3 is 0 Å². The summed E-state index contributed by atoms with van der Waals surface area (Å²) in [7, 11) is 0. The third-order valence-electron chi connectivity index (χ3n) is 6.26. The van der Waals surface area contributed by atoms with E-state index in [-0.39, 0.29) is 5.56 Å². The largest absolute Gasteiger partial charge is 0.456 e. The second kappa shape index (κ2) is 7.76. The van der Waals surface area contributed by atoms with Crippen LogP contribution in [0, 0.1) is 0 Å². The maximum Gasteiger partial charge on any atom is 0.266 e. The van der Waals surface area contributed by atoms with Gasteiger partial charge in [0, 0.05) is 41.8 Å². The van der Waals surface area contributed by atoms with Crippen molar-refractivity contribution in [1.82, 2.24) is 24.2 Å². The highest BCUT2D eigenvalue weighted by molar-refractivity contribution is 5.83. The molecule has 1 aliphatic rings. The van der Waals surface area contributed by atoms with Gasteiger partial charge in [0.25, 0.3) is 5.56 Å². The topological polar surface area (TPSA) is 69.1 Å². The van der Waals surface area contributed by atoms with Gasteiger partial charge < -0.3 is 9.32 Å². The molecule has 0 saturated carbocycles. The number of rotatable bonds is 5. The van der Waals surface area contributed by atoms with Gasteiger partial charge in [0.2, 0.25) is 0 Å². The van der Waals surface area contributed by atoms with Crippen LogP contribution in [0.2, 0.25) is 0 Å². The average Bonchev–Trinajstić information content (AvgIpc) is 3.58. The molecule has 0 radical (unpaired) electrons. The highest BCUT2D eigenvalue weighted by atomic mass is 16.3. The summed E-state index contributed by atoms with van der Waals surface area (Å²) >= 11 is 0. The Bertz CT molecular complexity index is 1460. The molecule has 0 amide bonds. The van der Waals surface area contributed by atoms with E-state index < -0.39 is 0 Å². The van der Waals surface area contributed by atoms with Crippen LogP contribution >= 0.6 is 0 Å². The fourth-order valence-electron chi connectivity index (χ4n) is 4.53. The molecule has 5 aromatic rings. The summed E-state index contributed by atoms with van der Waals surface area (Å²) in [6, 6.07) is 13.4. The fourth-order valence-corrected chi connectivity index (χ4v) is 4.53. The normalized spacial score (nSPS) is 14.6. The molecule has 1 aliphatic heterocycles. The Morgan fingerprint density at radius 3 is 2.75 bits per heavy atom. The zero-order chi connectivity index (χ0) is 21.5. The first kappa shape index (κ1) is 19.0. The number of nitrogens with zero attached hydrogens (tertiary/aromatic N) is 5. The summed E-state index contributed by atoms with van der Waals surface area (Å²) < 4.78 is 9.61. The van der Waals surface area contributed by atoms with Gasteiger partial charge in [-0.15, -0.1) is 0 Å². The predicted octanol–water partition coefficient (Wildman–Crippen LogP) is 4.09. The van der Waals surface area contributed by atoms with Crippen molar-refractivity contribution < 1.29 is 4.42 Å². The molecule has 1 aromatic carbocycles. The first-order valence-corrected chi connectivity index (χ1v) is 11.0. The predicted molar refractivity (Wildman–Crippen MR) is 124 cm³/mol. The molecule has 1 fully saturated rings. The standard InChI is InChI=1S/C25H23N5O2/c31-25-21-15-24(18-4-3-8-26-16-18)32-23(21)7-11-29(25)20-5-6-22-19(14-20)17-27-30(22)13-12-28-9-1-2-10-28/h3-8,11,14-17H,1-2,9-10,12-13H2. The number of hydrogen-bond acceptors (Lipinski definition) is 5. The highest BCUT2D eigenvalue weighted by Gasteiger charge is 2.14. The molecule has 0 bridgehead atoms. The van der Waals surface area contributed by atoms with E-state index in [9.17, 15) is 4.79 Å².